The lowest BCUT2D eigenvalue weighted by molar-refractivity contribution is -0.121. The van der Waals surface area contributed by atoms with Gasteiger partial charge in [0.05, 0.1) is 10.9 Å². The second-order valence-corrected chi connectivity index (χ2v) is 9.70. The Morgan fingerprint density at radius 2 is 2.07 bits per heavy atom. The number of aryl methyl sites for hydroxylation is 2. The quantitative estimate of drug-likeness (QED) is 0.566. The Balaban J connectivity index is 1.39. The summed E-state index contributed by atoms with van der Waals surface area (Å²) in [6.07, 6.45) is 5.31. The highest BCUT2D eigenvalue weighted by molar-refractivity contribution is 8.00. The molecule has 2 bridgehead atoms. The Morgan fingerprint density at radius 3 is 2.68 bits per heavy atom. The lowest BCUT2D eigenvalue weighted by atomic mass is 9.84. The summed E-state index contributed by atoms with van der Waals surface area (Å²) in [4.78, 5) is 12.7. The van der Waals surface area contributed by atoms with Crippen molar-refractivity contribution in [2.45, 2.75) is 69.8 Å². The Hall–Kier alpha value is -2.03. The Bertz CT molecular complexity index is 876. The van der Waals surface area contributed by atoms with Crippen molar-refractivity contribution in [2.24, 2.45) is 17.8 Å². The maximum atomic E-state index is 12.7. The van der Waals surface area contributed by atoms with Crippen LogP contribution in [-0.2, 0) is 4.79 Å². The minimum Gasteiger partial charge on any atom is -0.352 e. The van der Waals surface area contributed by atoms with E-state index in [1.165, 1.54) is 42.1 Å². The van der Waals surface area contributed by atoms with Crippen LogP contribution in [0.4, 0.5) is 0 Å². The van der Waals surface area contributed by atoms with E-state index in [1.807, 2.05) is 26.8 Å². The summed E-state index contributed by atoms with van der Waals surface area (Å²) < 4.78 is 3.06. The number of fused-ring (bicyclic) bond motifs is 2. The van der Waals surface area contributed by atoms with Crippen molar-refractivity contribution < 1.29 is 4.79 Å². The van der Waals surface area contributed by atoms with Gasteiger partial charge in [-0.3, -0.25) is 4.79 Å². The van der Waals surface area contributed by atoms with Gasteiger partial charge in [0.2, 0.25) is 11.1 Å². The molecule has 28 heavy (non-hydrogen) atoms. The van der Waals surface area contributed by atoms with Gasteiger partial charge in [0.15, 0.2) is 0 Å². The number of hydrogen-bond acceptors (Lipinski definition) is 6. The normalized spacial score (nSPS) is 25.8. The lowest BCUT2D eigenvalue weighted by Crippen LogP contribution is -2.43. The van der Waals surface area contributed by atoms with Gasteiger partial charge < -0.3 is 11.2 Å². The molecule has 5 atom stereocenters. The number of rotatable bonds is 6. The first-order valence-corrected chi connectivity index (χ1v) is 10.9. The molecule has 8 nitrogen and oxygen atoms in total. The maximum Gasteiger partial charge on any atom is 0.271 e. The number of aromatic nitrogens is 5. The molecule has 0 saturated heterocycles. The second kappa shape index (κ2) is 7.42. The van der Waals surface area contributed by atoms with Crippen LogP contribution >= 0.6 is 11.8 Å². The van der Waals surface area contributed by atoms with Gasteiger partial charge in [-0.15, -0.1) is 10.2 Å². The summed E-state index contributed by atoms with van der Waals surface area (Å²) in [7, 11) is 0. The fraction of sp³-hybridized carbons (Fsp3) is 0.684. The van der Waals surface area contributed by atoms with E-state index in [0.717, 1.165) is 23.2 Å². The third-order valence-electron chi connectivity index (χ3n) is 6.30. The number of nitrogens with zero attached hydrogens (tertiary/aromatic N) is 5. The predicted molar refractivity (Wildman–Crippen MR) is 109 cm³/mol. The van der Waals surface area contributed by atoms with Crippen LogP contribution in [0, 0.1) is 31.6 Å². The van der Waals surface area contributed by atoms with Crippen molar-refractivity contribution in [3.05, 3.63) is 17.5 Å². The van der Waals surface area contributed by atoms with Gasteiger partial charge in [0, 0.05) is 11.7 Å². The number of amides is 1. The van der Waals surface area contributed by atoms with Crippen molar-refractivity contribution in [3.8, 4) is 5.95 Å². The molecule has 2 fully saturated rings. The minimum absolute atomic E-state index is 0.0240. The van der Waals surface area contributed by atoms with E-state index in [0.29, 0.717) is 17.0 Å². The lowest BCUT2D eigenvalue weighted by Gasteiger charge is -2.29. The minimum atomic E-state index is -0.305. The van der Waals surface area contributed by atoms with Gasteiger partial charge >= 0.3 is 0 Å². The maximum absolute atomic E-state index is 12.7. The summed E-state index contributed by atoms with van der Waals surface area (Å²) >= 11 is 1.32. The fourth-order valence-corrected chi connectivity index (χ4v) is 5.67. The smallest absolute Gasteiger partial charge is 0.271 e. The molecule has 2 aliphatic rings. The van der Waals surface area contributed by atoms with Crippen molar-refractivity contribution in [1.29, 1.82) is 0 Å². The summed E-state index contributed by atoms with van der Waals surface area (Å²) in [5, 5.41) is 16.1. The van der Waals surface area contributed by atoms with Crippen LogP contribution in [0.1, 0.15) is 50.9 Å². The Kier molecular flexibility index (Phi) is 5.11. The molecule has 152 valence electrons. The molecule has 0 radical (unpaired) electrons. The number of nitrogens with two attached hydrogens (primary N) is 1. The molecule has 5 unspecified atom stereocenters. The van der Waals surface area contributed by atoms with Gasteiger partial charge in [-0.05, 0) is 70.8 Å². The molecule has 0 spiro atoms. The predicted octanol–water partition coefficient (Wildman–Crippen LogP) is 2.22. The molecular weight excluding hydrogens is 374 g/mol. The average Bonchev–Trinajstić information content (AvgIpc) is 3.41. The van der Waals surface area contributed by atoms with Gasteiger partial charge in [-0.1, -0.05) is 18.2 Å². The molecule has 2 aliphatic carbocycles. The van der Waals surface area contributed by atoms with Crippen LogP contribution in [0.25, 0.3) is 5.95 Å². The first-order chi connectivity index (χ1) is 13.3. The van der Waals surface area contributed by atoms with Crippen LogP contribution in [0.5, 0.6) is 0 Å². The highest BCUT2D eigenvalue weighted by Gasteiger charge is 2.42. The number of carbonyl (C=O) groups is 1. The largest absolute Gasteiger partial charge is 0.352 e. The third kappa shape index (κ3) is 3.52. The van der Waals surface area contributed by atoms with Crippen LogP contribution in [-0.4, -0.2) is 41.9 Å². The molecule has 2 aromatic heterocycles. The molecule has 2 aromatic rings. The topological polar surface area (TPSA) is 104 Å². The fourth-order valence-electron chi connectivity index (χ4n) is 4.89. The van der Waals surface area contributed by atoms with E-state index in [9.17, 15) is 4.79 Å². The standard InChI is InChI=1S/C19H29N7OS/c1-10-7-11(2)26(24-10)18-22-23-19(25(18)20)28-13(4)17(27)21-12(3)16-9-14-5-6-15(16)8-14/h7,12-16H,5-6,8-9,20H2,1-4H3,(H,21,27). The molecule has 2 heterocycles. The number of nitrogen functional groups attached to an aromatic ring is 1. The van der Waals surface area contributed by atoms with Crippen LogP contribution in [0.15, 0.2) is 11.2 Å². The molecule has 9 heteroatoms. The second-order valence-electron chi connectivity index (χ2n) is 8.39. The Morgan fingerprint density at radius 1 is 1.29 bits per heavy atom. The van der Waals surface area contributed by atoms with E-state index in [1.54, 1.807) is 4.68 Å². The van der Waals surface area contributed by atoms with Gasteiger partial charge in [-0.25, -0.2) is 9.36 Å². The van der Waals surface area contributed by atoms with E-state index in [2.05, 4.69) is 27.5 Å². The van der Waals surface area contributed by atoms with E-state index in [4.69, 9.17) is 5.84 Å². The van der Waals surface area contributed by atoms with Crippen LogP contribution in [0.3, 0.4) is 0 Å². The van der Waals surface area contributed by atoms with E-state index >= 15 is 0 Å². The summed E-state index contributed by atoms with van der Waals surface area (Å²) in [6, 6.07) is 2.17. The van der Waals surface area contributed by atoms with Gasteiger partial charge in [0.1, 0.15) is 0 Å². The number of hydrogen-bond donors (Lipinski definition) is 2. The molecule has 0 aromatic carbocycles. The van der Waals surface area contributed by atoms with Gasteiger partial charge in [-0.2, -0.15) is 5.10 Å². The average molecular weight is 404 g/mol. The zero-order chi connectivity index (χ0) is 20.0. The molecule has 0 aliphatic heterocycles. The molecule has 2 saturated carbocycles. The monoisotopic (exact) mass is 403 g/mol. The summed E-state index contributed by atoms with van der Waals surface area (Å²) in [6.45, 7) is 7.88. The number of carbonyl (C=O) groups excluding carboxylic acids is 1. The molecule has 3 N–H and O–H groups in total. The first-order valence-electron chi connectivity index (χ1n) is 10.0. The zero-order valence-electron chi connectivity index (χ0n) is 16.9. The van der Waals surface area contributed by atoms with Crippen molar-refractivity contribution >= 4 is 17.7 Å². The van der Waals surface area contributed by atoms with E-state index in [-0.39, 0.29) is 17.2 Å². The van der Waals surface area contributed by atoms with Gasteiger partial charge in [0.25, 0.3) is 5.95 Å². The van der Waals surface area contributed by atoms with E-state index < -0.39 is 0 Å². The number of thioether (sulfide) groups is 1. The highest BCUT2D eigenvalue weighted by atomic mass is 32.2. The summed E-state index contributed by atoms with van der Waals surface area (Å²) in [5.41, 5.74) is 1.82. The highest BCUT2D eigenvalue weighted by Crippen LogP contribution is 2.49. The Labute approximate surface area is 169 Å². The van der Waals surface area contributed by atoms with Crippen molar-refractivity contribution in [2.75, 3.05) is 5.84 Å². The van der Waals surface area contributed by atoms with Crippen LogP contribution in [0.2, 0.25) is 0 Å². The zero-order valence-corrected chi connectivity index (χ0v) is 17.7. The van der Waals surface area contributed by atoms with Crippen molar-refractivity contribution in [1.82, 2.24) is 30.0 Å². The van der Waals surface area contributed by atoms with Crippen LogP contribution < -0.4 is 11.2 Å². The third-order valence-corrected chi connectivity index (χ3v) is 7.36. The SMILES string of the molecule is Cc1cc(C)n(-c2nnc(SC(C)C(=O)NC(C)C3CC4CCC3C4)n2N)n1. The molecule has 1 amide bonds. The molecular formula is C19H29N7OS. The molecule has 4 rings (SSSR count). The number of nitrogens with one attached hydrogen (secondary N) is 1. The first kappa shape index (κ1) is 19.3. The van der Waals surface area contributed by atoms with Crippen molar-refractivity contribution in [3.63, 3.8) is 0 Å². The summed E-state index contributed by atoms with van der Waals surface area (Å²) in [5.74, 6) is 8.94.